The fraction of sp³-hybridized carbons (Fsp3) is 0.522. The molecule has 1 N–H and O–H groups in total. The summed E-state index contributed by atoms with van der Waals surface area (Å²) in [4.78, 5) is 33.2. The molecule has 0 spiro atoms. The van der Waals surface area contributed by atoms with E-state index < -0.39 is 0 Å². The molecule has 4 rings (SSSR count). The summed E-state index contributed by atoms with van der Waals surface area (Å²) in [6, 6.07) is 6.31. The Balaban J connectivity index is 1.31. The molecule has 1 aromatic carbocycles. The minimum Gasteiger partial charge on any atom is -0.482 e. The van der Waals surface area contributed by atoms with Crippen molar-refractivity contribution in [1.82, 2.24) is 15.2 Å². The molecule has 1 saturated heterocycles. The van der Waals surface area contributed by atoms with E-state index in [9.17, 15) is 9.59 Å². The number of rotatable bonds is 7. The SMILES string of the molecule is Cc1ccc2c(c1)N(Cc1nc(C(=O)NCCCN3CCCCC3C)co1)C(=O)CO2. The van der Waals surface area contributed by atoms with E-state index in [1.807, 2.05) is 25.1 Å². The Labute approximate surface area is 182 Å². The molecule has 0 saturated carbocycles. The molecule has 166 valence electrons. The fourth-order valence-corrected chi connectivity index (χ4v) is 4.17. The topological polar surface area (TPSA) is 87.9 Å². The Bertz CT molecular complexity index is 941. The number of hydrogen-bond acceptors (Lipinski definition) is 6. The molecule has 3 heterocycles. The highest BCUT2D eigenvalue weighted by Gasteiger charge is 2.27. The Morgan fingerprint density at radius 1 is 1.32 bits per heavy atom. The maximum absolute atomic E-state index is 12.4. The third-order valence-electron chi connectivity index (χ3n) is 5.98. The van der Waals surface area contributed by atoms with Gasteiger partial charge >= 0.3 is 0 Å². The predicted octanol–water partition coefficient (Wildman–Crippen LogP) is 2.90. The number of oxazole rings is 1. The van der Waals surface area contributed by atoms with E-state index >= 15 is 0 Å². The molecule has 31 heavy (non-hydrogen) atoms. The van der Waals surface area contributed by atoms with E-state index in [-0.39, 0.29) is 30.7 Å². The quantitative estimate of drug-likeness (QED) is 0.685. The number of amides is 2. The molecule has 1 aromatic heterocycles. The first-order chi connectivity index (χ1) is 15.0. The van der Waals surface area contributed by atoms with Gasteiger partial charge in [0.25, 0.3) is 11.8 Å². The molecule has 1 atom stereocenters. The summed E-state index contributed by atoms with van der Waals surface area (Å²) < 4.78 is 11.0. The van der Waals surface area contributed by atoms with Gasteiger partial charge in [-0.05, 0) is 57.4 Å². The van der Waals surface area contributed by atoms with Gasteiger partial charge in [-0.2, -0.15) is 0 Å². The number of piperidine rings is 1. The second-order valence-corrected chi connectivity index (χ2v) is 8.36. The van der Waals surface area contributed by atoms with Crippen LogP contribution >= 0.6 is 0 Å². The van der Waals surface area contributed by atoms with Crippen molar-refractivity contribution in [2.45, 2.75) is 52.1 Å². The third-order valence-corrected chi connectivity index (χ3v) is 5.98. The first-order valence-electron chi connectivity index (χ1n) is 11.0. The van der Waals surface area contributed by atoms with Crippen LogP contribution in [-0.4, -0.2) is 54.0 Å². The number of carbonyl (C=O) groups is 2. The highest BCUT2D eigenvalue weighted by atomic mass is 16.5. The minimum absolute atomic E-state index is 0.0280. The second-order valence-electron chi connectivity index (χ2n) is 8.36. The highest BCUT2D eigenvalue weighted by Crippen LogP contribution is 2.33. The molecule has 8 nitrogen and oxygen atoms in total. The van der Waals surface area contributed by atoms with E-state index in [1.165, 1.54) is 25.5 Å². The summed E-state index contributed by atoms with van der Waals surface area (Å²) in [6.07, 6.45) is 6.07. The normalized spacial score (nSPS) is 19.1. The molecule has 2 aliphatic heterocycles. The fourth-order valence-electron chi connectivity index (χ4n) is 4.17. The van der Waals surface area contributed by atoms with Crippen molar-refractivity contribution in [2.75, 3.05) is 31.1 Å². The number of carbonyl (C=O) groups excluding carboxylic acids is 2. The Morgan fingerprint density at radius 2 is 2.19 bits per heavy atom. The number of ether oxygens (including phenoxy) is 1. The average Bonchev–Trinajstić information content (AvgIpc) is 3.23. The Hall–Kier alpha value is -2.87. The molecule has 0 bridgehead atoms. The highest BCUT2D eigenvalue weighted by molar-refractivity contribution is 5.97. The summed E-state index contributed by atoms with van der Waals surface area (Å²) in [5.74, 6) is 0.535. The van der Waals surface area contributed by atoms with E-state index in [0.29, 0.717) is 29.9 Å². The minimum atomic E-state index is -0.258. The van der Waals surface area contributed by atoms with Crippen molar-refractivity contribution in [3.8, 4) is 5.75 Å². The molecule has 2 amide bonds. The first-order valence-corrected chi connectivity index (χ1v) is 11.0. The molecule has 8 heteroatoms. The number of fused-ring (bicyclic) bond motifs is 1. The van der Waals surface area contributed by atoms with Crippen LogP contribution in [0.2, 0.25) is 0 Å². The van der Waals surface area contributed by atoms with Gasteiger partial charge in [0.2, 0.25) is 5.89 Å². The molecule has 0 aliphatic carbocycles. The van der Waals surface area contributed by atoms with Gasteiger partial charge in [-0.25, -0.2) is 4.98 Å². The number of hydrogen-bond donors (Lipinski definition) is 1. The van der Waals surface area contributed by atoms with Crippen molar-refractivity contribution >= 4 is 17.5 Å². The number of anilines is 1. The zero-order valence-electron chi connectivity index (χ0n) is 18.2. The smallest absolute Gasteiger partial charge is 0.273 e. The number of nitrogens with zero attached hydrogens (tertiary/aromatic N) is 3. The third kappa shape index (κ3) is 5.07. The lowest BCUT2D eigenvalue weighted by Gasteiger charge is -2.33. The van der Waals surface area contributed by atoms with Crippen molar-refractivity contribution in [3.05, 3.63) is 41.6 Å². The van der Waals surface area contributed by atoms with Gasteiger partial charge in [-0.15, -0.1) is 0 Å². The lowest BCUT2D eigenvalue weighted by molar-refractivity contribution is -0.121. The van der Waals surface area contributed by atoms with Gasteiger partial charge in [-0.1, -0.05) is 12.5 Å². The second kappa shape index (κ2) is 9.51. The van der Waals surface area contributed by atoms with E-state index in [1.54, 1.807) is 4.90 Å². The van der Waals surface area contributed by atoms with Crippen LogP contribution in [0, 0.1) is 6.92 Å². The van der Waals surface area contributed by atoms with Gasteiger partial charge in [0, 0.05) is 19.1 Å². The Kier molecular flexibility index (Phi) is 6.56. The lowest BCUT2D eigenvalue weighted by Crippen LogP contribution is -2.39. The van der Waals surface area contributed by atoms with E-state index in [4.69, 9.17) is 9.15 Å². The zero-order valence-corrected chi connectivity index (χ0v) is 18.2. The molecule has 1 fully saturated rings. The van der Waals surface area contributed by atoms with Gasteiger partial charge in [0.05, 0.1) is 5.69 Å². The summed E-state index contributed by atoms with van der Waals surface area (Å²) in [6.45, 7) is 7.08. The van der Waals surface area contributed by atoms with Gasteiger partial charge in [-0.3, -0.25) is 14.5 Å². The molecular formula is C23H30N4O4. The lowest BCUT2D eigenvalue weighted by atomic mass is 10.0. The van der Waals surface area contributed by atoms with Crippen LogP contribution in [0.5, 0.6) is 5.75 Å². The standard InChI is InChI=1S/C23H30N4O4/c1-16-7-8-20-19(12-16)27(22(28)15-30-20)13-21-25-18(14-31-21)23(29)24-9-5-11-26-10-4-3-6-17(26)2/h7-8,12,14,17H,3-6,9-11,13,15H2,1-2H3,(H,24,29). The zero-order chi connectivity index (χ0) is 21.8. The molecule has 2 aromatic rings. The summed E-state index contributed by atoms with van der Waals surface area (Å²) >= 11 is 0. The maximum Gasteiger partial charge on any atom is 0.273 e. The summed E-state index contributed by atoms with van der Waals surface area (Å²) in [5.41, 5.74) is 1.94. The van der Waals surface area contributed by atoms with Crippen molar-refractivity contribution < 1.29 is 18.7 Å². The maximum atomic E-state index is 12.4. The van der Waals surface area contributed by atoms with Crippen LogP contribution in [-0.2, 0) is 11.3 Å². The molecule has 2 aliphatic rings. The van der Waals surface area contributed by atoms with Gasteiger partial charge in [0.15, 0.2) is 12.3 Å². The molecule has 0 radical (unpaired) electrons. The van der Waals surface area contributed by atoms with Crippen molar-refractivity contribution in [2.24, 2.45) is 0 Å². The number of likely N-dealkylation sites (tertiary alicyclic amines) is 1. The number of benzene rings is 1. The van der Waals surface area contributed by atoms with Crippen LogP contribution in [0.25, 0.3) is 0 Å². The van der Waals surface area contributed by atoms with Gasteiger partial charge < -0.3 is 19.4 Å². The summed E-state index contributed by atoms with van der Waals surface area (Å²) in [7, 11) is 0. The largest absolute Gasteiger partial charge is 0.482 e. The Morgan fingerprint density at radius 3 is 3.03 bits per heavy atom. The monoisotopic (exact) mass is 426 g/mol. The first kappa shape index (κ1) is 21.4. The van der Waals surface area contributed by atoms with Gasteiger partial charge in [0.1, 0.15) is 18.6 Å². The van der Waals surface area contributed by atoms with Crippen LogP contribution in [0.15, 0.2) is 28.9 Å². The molecule has 1 unspecified atom stereocenters. The van der Waals surface area contributed by atoms with E-state index in [0.717, 1.165) is 25.1 Å². The number of aromatic nitrogens is 1. The number of aryl methyl sites for hydroxylation is 1. The summed E-state index contributed by atoms with van der Waals surface area (Å²) in [5, 5.41) is 2.91. The van der Waals surface area contributed by atoms with Crippen LogP contribution in [0.4, 0.5) is 5.69 Å². The van der Waals surface area contributed by atoms with E-state index in [2.05, 4.69) is 22.1 Å². The van der Waals surface area contributed by atoms with Crippen LogP contribution < -0.4 is 15.0 Å². The van der Waals surface area contributed by atoms with Crippen LogP contribution in [0.3, 0.4) is 0 Å². The average molecular weight is 427 g/mol. The van der Waals surface area contributed by atoms with Crippen molar-refractivity contribution in [3.63, 3.8) is 0 Å². The van der Waals surface area contributed by atoms with Crippen molar-refractivity contribution in [1.29, 1.82) is 0 Å². The number of nitrogens with one attached hydrogen (secondary N) is 1. The predicted molar refractivity (Wildman–Crippen MR) is 116 cm³/mol. The molecular weight excluding hydrogens is 396 g/mol. The van der Waals surface area contributed by atoms with Crippen LogP contribution in [0.1, 0.15) is 54.5 Å².